The molecule has 0 spiro atoms. The molecular formula is C14H18O2. The lowest BCUT2D eigenvalue weighted by Gasteiger charge is -2.22. The van der Waals surface area contributed by atoms with Crippen LogP contribution in [0.2, 0.25) is 0 Å². The molecule has 1 aromatic rings. The normalized spacial score (nSPS) is 29.2. The van der Waals surface area contributed by atoms with Gasteiger partial charge in [0.2, 0.25) is 0 Å². The van der Waals surface area contributed by atoms with Gasteiger partial charge in [-0.15, -0.1) is 0 Å². The van der Waals surface area contributed by atoms with Crippen molar-refractivity contribution in [1.82, 2.24) is 0 Å². The van der Waals surface area contributed by atoms with Crippen LogP contribution in [0.15, 0.2) is 42.5 Å². The number of benzene rings is 1. The van der Waals surface area contributed by atoms with Crippen LogP contribution >= 0.6 is 0 Å². The fourth-order valence-corrected chi connectivity index (χ4v) is 2.42. The van der Waals surface area contributed by atoms with Gasteiger partial charge in [0.25, 0.3) is 0 Å². The predicted octanol–water partition coefficient (Wildman–Crippen LogP) is 2.35. The van der Waals surface area contributed by atoms with Crippen LogP contribution in [0.1, 0.15) is 18.4 Å². The average Bonchev–Trinajstić information content (AvgIpc) is 2.73. The Balaban J connectivity index is 2.30. The molecule has 0 aliphatic carbocycles. The molecule has 1 aliphatic rings. The van der Waals surface area contributed by atoms with E-state index in [1.807, 2.05) is 25.1 Å². The van der Waals surface area contributed by atoms with Crippen molar-refractivity contribution in [3.05, 3.63) is 48.0 Å². The van der Waals surface area contributed by atoms with Crippen LogP contribution in [0.4, 0.5) is 0 Å². The summed E-state index contributed by atoms with van der Waals surface area (Å²) in [6, 6.07) is 10.2. The summed E-state index contributed by atoms with van der Waals surface area (Å²) in [5.41, 5.74) is 2.26. The third-order valence-electron chi connectivity index (χ3n) is 3.23. The van der Waals surface area contributed by atoms with Crippen molar-refractivity contribution in [3.8, 4) is 0 Å². The number of rotatable bonds is 3. The van der Waals surface area contributed by atoms with Gasteiger partial charge in [0.05, 0.1) is 12.7 Å². The first-order valence-electron chi connectivity index (χ1n) is 5.67. The standard InChI is InChI=1S/C14H18O2/c1-10(2)14-13(12(8-15)9-16-14)11-6-4-3-5-7-11/h3-7,12-15H,1,8-9H2,2H3/t12-,13-,14+/m0/s1. The molecule has 1 aliphatic heterocycles. The Kier molecular flexibility index (Phi) is 3.42. The molecule has 0 saturated carbocycles. The molecule has 2 nitrogen and oxygen atoms in total. The number of hydrogen-bond donors (Lipinski definition) is 1. The van der Waals surface area contributed by atoms with E-state index in [-0.39, 0.29) is 24.5 Å². The third-order valence-corrected chi connectivity index (χ3v) is 3.23. The van der Waals surface area contributed by atoms with Gasteiger partial charge in [0.15, 0.2) is 0 Å². The number of aliphatic hydroxyl groups excluding tert-OH is 1. The average molecular weight is 218 g/mol. The number of ether oxygens (including phenoxy) is 1. The maximum absolute atomic E-state index is 9.39. The third kappa shape index (κ3) is 2.04. The number of aliphatic hydroxyl groups is 1. The van der Waals surface area contributed by atoms with Crippen molar-refractivity contribution in [2.24, 2.45) is 5.92 Å². The highest BCUT2D eigenvalue weighted by Gasteiger charge is 2.37. The summed E-state index contributed by atoms with van der Waals surface area (Å²) in [5.74, 6) is 0.424. The SMILES string of the molecule is C=C(C)[C@H]1OC[C@H](CO)[C@@H]1c1ccccc1. The monoisotopic (exact) mass is 218 g/mol. The zero-order valence-corrected chi connectivity index (χ0v) is 9.60. The summed E-state index contributed by atoms with van der Waals surface area (Å²) >= 11 is 0. The minimum absolute atomic E-state index is 0.0412. The van der Waals surface area contributed by atoms with Gasteiger partial charge >= 0.3 is 0 Å². The molecule has 1 aromatic carbocycles. The van der Waals surface area contributed by atoms with Gasteiger partial charge in [0.1, 0.15) is 0 Å². The largest absolute Gasteiger partial charge is 0.396 e. The summed E-state index contributed by atoms with van der Waals surface area (Å²) in [7, 11) is 0. The lowest BCUT2D eigenvalue weighted by molar-refractivity contribution is 0.120. The van der Waals surface area contributed by atoms with Crippen molar-refractivity contribution in [2.45, 2.75) is 18.9 Å². The molecule has 1 fully saturated rings. The molecule has 0 bridgehead atoms. The summed E-state index contributed by atoms with van der Waals surface area (Å²) in [5, 5.41) is 9.39. The fourth-order valence-electron chi connectivity index (χ4n) is 2.42. The Hall–Kier alpha value is -1.12. The van der Waals surface area contributed by atoms with Crippen LogP contribution in [0.25, 0.3) is 0 Å². The smallest absolute Gasteiger partial charge is 0.0852 e. The Bertz CT molecular complexity index is 358. The van der Waals surface area contributed by atoms with E-state index < -0.39 is 0 Å². The van der Waals surface area contributed by atoms with E-state index in [4.69, 9.17) is 4.74 Å². The minimum Gasteiger partial charge on any atom is -0.396 e. The Morgan fingerprint density at radius 3 is 2.69 bits per heavy atom. The maximum Gasteiger partial charge on any atom is 0.0852 e. The van der Waals surface area contributed by atoms with Crippen molar-refractivity contribution in [1.29, 1.82) is 0 Å². The minimum atomic E-state index is 0.0412. The molecule has 0 aromatic heterocycles. The summed E-state index contributed by atoms with van der Waals surface area (Å²) < 4.78 is 5.73. The second kappa shape index (κ2) is 4.81. The van der Waals surface area contributed by atoms with Crippen LogP contribution in [0, 0.1) is 5.92 Å². The first-order chi connectivity index (χ1) is 7.74. The zero-order valence-electron chi connectivity index (χ0n) is 9.60. The lowest BCUT2D eigenvalue weighted by Crippen LogP contribution is -2.21. The Morgan fingerprint density at radius 1 is 1.44 bits per heavy atom. The summed E-state index contributed by atoms with van der Waals surface area (Å²) in [6.45, 7) is 6.75. The van der Waals surface area contributed by atoms with Crippen molar-refractivity contribution < 1.29 is 9.84 Å². The molecule has 1 saturated heterocycles. The van der Waals surface area contributed by atoms with Crippen LogP contribution in [-0.4, -0.2) is 24.4 Å². The van der Waals surface area contributed by atoms with Crippen LogP contribution in [0.5, 0.6) is 0 Å². The Labute approximate surface area is 96.6 Å². The summed E-state index contributed by atoms with van der Waals surface area (Å²) in [4.78, 5) is 0. The second-order valence-corrected chi connectivity index (χ2v) is 4.48. The molecule has 1 N–H and O–H groups in total. The quantitative estimate of drug-likeness (QED) is 0.789. The van der Waals surface area contributed by atoms with E-state index in [0.717, 1.165) is 5.57 Å². The van der Waals surface area contributed by atoms with Gasteiger partial charge < -0.3 is 9.84 Å². The van der Waals surface area contributed by atoms with Gasteiger partial charge in [-0.1, -0.05) is 42.5 Å². The van der Waals surface area contributed by atoms with Gasteiger partial charge in [-0.3, -0.25) is 0 Å². The predicted molar refractivity (Wildman–Crippen MR) is 64.3 cm³/mol. The molecule has 0 amide bonds. The highest BCUT2D eigenvalue weighted by atomic mass is 16.5. The van der Waals surface area contributed by atoms with Gasteiger partial charge in [-0.25, -0.2) is 0 Å². The second-order valence-electron chi connectivity index (χ2n) is 4.48. The molecular weight excluding hydrogens is 200 g/mol. The highest BCUT2D eigenvalue weighted by molar-refractivity contribution is 5.26. The van der Waals surface area contributed by atoms with Crippen LogP contribution < -0.4 is 0 Å². The lowest BCUT2D eigenvalue weighted by atomic mass is 9.83. The fraction of sp³-hybridized carbons (Fsp3) is 0.429. The first-order valence-corrected chi connectivity index (χ1v) is 5.67. The summed E-state index contributed by atoms with van der Waals surface area (Å²) in [6.07, 6.45) is 0.0412. The molecule has 0 unspecified atom stereocenters. The highest BCUT2D eigenvalue weighted by Crippen LogP contribution is 2.38. The molecule has 16 heavy (non-hydrogen) atoms. The van der Waals surface area contributed by atoms with E-state index in [1.54, 1.807) is 0 Å². The van der Waals surface area contributed by atoms with E-state index in [0.29, 0.717) is 6.61 Å². The van der Waals surface area contributed by atoms with Crippen LogP contribution in [0.3, 0.4) is 0 Å². The number of hydrogen-bond acceptors (Lipinski definition) is 2. The van der Waals surface area contributed by atoms with E-state index in [9.17, 15) is 5.11 Å². The van der Waals surface area contributed by atoms with Crippen LogP contribution in [-0.2, 0) is 4.74 Å². The van der Waals surface area contributed by atoms with Crippen molar-refractivity contribution in [2.75, 3.05) is 13.2 Å². The zero-order chi connectivity index (χ0) is 11.5. The molecule has 86 valence electrons. The van der Waals surface area contributed by atoms with Gasteiger partial charge in [-0.2, -0.15) is 0 Å². The molecule has 1 heterocycles. The molecule has 0 radical (unpaired) electrons. The van der Waals surface area contributed by atoms with E-state index in [1.165, 1.54) is 5.56 Å². The molecule has 2 heteroatoms. The first kappa shape index (κ1) is 11.4. The topological polar surface area (TPSA) is 29.5 Å². The molecule has 3 atom stereocenters. The van der Waals surface area contributed by atoms with E-state index in [2.05, 4.69) is 18.7 Å². The van der Waals surface area contributed by atoms with Crippen molar-refractivity contribution >= 4 is 0 Å². The van der Waals surface area contributed by atoms with Gasteiger partial charge in [-0.05, 0) is 12.5 Å². The van der Waals surface area contributed by atoms with Crippen molar-refractivity contribution in [3.63, 3.8) is 0 Å². The Morgan fingerprint density at radius 2 is 2.12 bits per heavy atom. The maximum atomic E-state index is 9.39. The molecule has 2 rings (SSSR count). The van der Waals surface area contributed by atoms with E-state index >= 15 is 0 Å². The van der Waals surface area contributed by atoms with Gasteiger partial charge in [0, 0.05) is 18.4 Å².